The molecule has 0 aromatic heterocycles. The smallest absolute Gasteiger partial charge is 0.328 e. The Morgan fingerprint density at radius 2 is 2.27 bits per heavy atom. The van der Waals surface area contributed by atoms with Crippen molar-refractivity contribution >= 4 is 23.5 Å². The lowest BCUT2D eigenvalue weighted by atomic mass is 10.1. The first kappa shape index (κ1) is 16.8. The van der Waals surface area contributed by atoms with E-state index in [0.29, 0.717) is 24.6 Å². The highest BCUT2D eigenvalue weighted by molar-refractivity contribution is 6.30. The van der Waals surface area contributed by atoms with Gasteiger partial charge in [-0.05, 0) is 31.0 Å². The first-order valence-electron chi connectivity index (χ1n) is 7.40. The zero-order chi connectivity index (χ0) is 16.1. The fraction of sp³-hybridized carbons (Fsp3) is 0.500. The number of nitrogens with zero attached hydrogens (tertiary/aromatic N) is 1. The molecule has 0 spiro atoms. The quantitative estimate of drug-likeness (QED) is 0.781. The molecule has 2 atom stereocenters. The normalized spacial score (nSPS) is 19.9. The summed E-state index contributed by atoms with van der Waals surface area (Å²) in [6.45, 7) is 4.18. The van der Waals surface area contributed by atoms with Gasteiger partial charge in [-0.25, -0.2) is 4.79 Å². The lowest BCUT2D eigenvalue weighted by molar-refractivity contribution is -0.165. The highest BCUT2D eigenvalue weighted by atomic mass is 35.5. The summed E-state index contributed by atoms with van der Waals surface area (Å²) in [5.41, 5.74) is 0.892. The van der Waals surface area contributed by atoms with E-state index in [1.54, 1.807) is 17.9 Å². The van der Waals surface area contributed by atoms with Crippen molar-refractivity contribution in [1.29, 1.82) is 0 Å². The van der Waals surface area contributed by atoms with Crippen LogP contribution in [0.4, 0.5) is 0 Å². The van der Waals surface area contributed by atoms with Crippen LogP contribution in [0.2, 0.25) is 5.02 Å². The van der Waals surface area contributed by atoms with Crippen molar-refractivity contribution in [2.24, 2.45) is 0 Å². The highest BCUT2D eigenvalue weighted by Crippen LogP contribution is 2.26. The number of ether oxygens (including phenoxy) is 2. The fourth-order valence-electron chi connectivity index (χ4n) is 2.55. The zero-order valence-electron chi connectivity index (χ0n) is 12.8. The maximum absolute atomic E-state index is 12.1. The van der Waals surface area contributed by atoms with Gasteiger partial charge >= 0.3 is 5.97 Å². The summed E-state index contributed by atoms with van der Waals surface area (Å²) >= 11 is 6.00. The topological polar surface area (TPSA) is 55.8 Å². The van der Waals surface area contributed by atoms with Gasteiger partial charge in [0.1, 0.15) is 18.8 Å². The Hall–Kier alpha value is -1.59. The molecule has 120 valence electrons. The van der Waals surface area contributed by atoms with Crippen LogP contribution in [-0.4, -0.2) is 42.6 Å². The van der Waals surface area contributed by atoms with Gasteiger partial charge in [-0.3, -0.25) is 4.79 Å². The molecule has 2 unspecified atom stereocenters. The third-order valence-corrected chi connectivity index (χ3v) is 3.87. The van der Waals surface area contributed by atoms with Crippen molar-refractivity contribution in [1.82, 2.24) is 4.90 Å². The van der Waals surface area contributed by atoms with E-state index in [4.69, 9.17) is 21.1 Å². The van der Waals surface area contributed by atoms with Gasteiger partial charge in [-0.2, -0.15) is 0 Å². The molecule has 0 aliphatic carbocycles. The van der Waals surface area contributed by atoms with Crippen molar-refractivity contribution in [3.8, 4) is 0 Å². The predicted octanol–water partition coefficient (Wildman–Crippen LogP) is 2.58. The fourth-order valence-corrected chi connectivity index (χ4v) is 2.75. The van der Waals surface area contributed by atoms with E-state index in [1.165, 1.54) is 0 Å². The molecule has 22 heavy (non-hydrogen) atoms. The van der Waals surface area contributed by atoms with Crippen LogP contribution >= 0.6 is 11.6 Å². The first-order chi connectivity index (χ1) is 10.6. The van der Waals surface area contributed by atoms with Gasteiger partial charge in [-0.15, -0.1) is 0 Å². The van der Waals surface area contributed by atoms with Gasteiger partial charge < -0.3 is 14.4 Å². The maximum Gasteiger partial charge on any atom is 0.328 e. The van der Waals surface area contributed by atoms with Crippen LogP contribution in [0.3, 0.4) is 0 Å². The second kappa shape index (κ2) is 7.61. The molecule has 1 heterocycles. The third kappa shape index (κ3) is 3.78. The third-order valence-electron chi connectivity index (χ3n) is 3.63. The van der Waals surface area contributed by atoms with Gasteiger partial charge in [0, 0.05) is 5.02 Å². The largest absolute Gasteiger partial charge is 0.464 e. The number of benzene rings is 1. The number of carbonyl (C=O) groups is 2. The Labute approximate surface area is 135 Å². The zero-order valence-corrected chi connectivity index (χ0v) is 13.5. The second-order valence-corrected chi connectivity index (χ2v) is 5.51. The lowest BCUT2D eigenvalue weighted by Gasteiger charge is -2.36. The molecule has 6 heteroatoms. The Morgan fingerprint density at radius 3 is 2.91 bits per heavy atom. The summed E-state index contributed by atoms with van der Waals surface area (Å²) in [5, 5.41) is 0.613. The standard InChI is InChI=1S/C16H20ClNO4/c1-3-13(16(20)21-4-2)18-9-14(22-10-15(18)19)11-6-5-7-12(17)8-11/h5-8,13-14H,3-4,9-10H2,1-2H3. The molecule has 0 saturated carbocycles. The van der Waals surface area contributed by atoms with Crippen molar-refractivity contribution in [3.05, 3.63) is 34.9 Å². The average molecular weight is 326 g/mol. The summed E-state index contributed by atoms with van der Waals surface area (Å²) in [6, 6.07) is 6.76. The Balaban J connectivity index is 2.16. The molecule has 0 bridgehead atoms. The predicted molar refractivity (Wildman–Crippen MR) is 82.6 cm³/mol. The van der Waals surface area contributed by atoms with Crippen LogP contribution in [0.25, 0.3) is 0 Å². The number of carbonyl (C=O) groups excluding carboxylic acids is 2. The Morgan fingerprint density at radius 1 is 1.50 bits per heavy atom. The molecule has 2 rings (SSSR count). The number of hydrogen-bond acceptors (Lipinski definition) is 4. The van der Waals surface area contributed by atoms with E-state index in [2.05, 4.69) is 0 Å². The maximum atomic E-state index is 12.1. The Bertz CT molecular complexity index is 549. The highest BCUT2D eigenvalue weighted by Gasteiger charge is 2.35. The molecule has 1 aliphatic heterocycles. The van der Waals surface area contributed by atoms with Gasteiger partial charge in [0.2, 0.25) is 5.91 Å². The minimum Gasteiger partial charge on any atom is -0.464 e. The van der Waals surface area contributed by atoms with E-state index in [0.717, 1.165) is 5.56 Å². The van der Waals surface area contributed by atoms with Crippen molar-refractivity contribution < 1.29 is 19.1 Å². The number of rotatable bonds is 5. The SMILES string of the molecule is CCOC(=O)C(CC)N1CC(c2cccc(Cl)c2)OCC1=O. The van der Waals surface area contributed by atoms with Crippen LogP contribution in [-0.2, 0) is 19.1 Å². The van der Waals surface area contributed by atoms with Crippen LogP contribution in [0.5, 0.6) is 0 Å². The second-order valence-electron chi connectivity index (χ2n) is 5.08. The summed E-state index contributed by atoms with van der Waals surface area (Å²) < 4.78 is 10.7. The Kier molecular flexibility index (Phi) is 5.80. The summed E-state index contributed by atoms with van der Waals surface area (Å²) in [6.07, 6.45) is 0.215. The summed E-state index contributed by atoms with van der Waals surface area (Å²) in [5.74, 6) is -0.566. The van der Waals surface area contributed by atoms with Gasteiger partial charge in [0.15, 0.2) is 0 Å². The molecule has 0 N–H and O–H groups in total. The molecular formula is C16H20ClNO4. The number of morpholine rings is 1. The van der Waals surface area contributed by atoms with E-state index in [-0.39, 0.29) is 24.6 Å². The monoisotopic (exact) mass is 325 g/mol. The number of hydrogen-bond donors (Lipinski definition) is 0. The minimum atomic E-state index is -0.571. The number of esters is 1. The molecule has 1 aromatic carbocycles. The van der Waals surface area contributed by atoms with Gasteiger partial charge in [-0.1, -0.05) is 30.7 Å². The van der Waals surface area contributed by atoms with Crippen LogP contribution in [0.15, 0.2) is 24.3 Å². The molecule has 1 fully saturated rings. The van der Waals surface area contributed by atoms with E-state index in [9.17, 15) is 9.59 Å². The number of amides is 1. The molecule has 1 aromatic rings. The first-order valence-corrected chi connectivity index (χ1v) is 7.77. The molecular weight excluding hydrogens is 306 g/mol. The average Bonchev–Trinajstić information content (AvgIpc) is 2.50. The van der Waals surface area contributed by atoms with Crippen LogP contribution < -0.4 is 0 Å². The molecule has 5 nitrogen and oxygen atoms in total. The summed E-state index contributed by atoms with van der Waals surface area (Å²) in [4.78, 5) is 25.7. The van der Waals surface area contributed by atoms with Gasteiger partial charge in [0.05, 0.1) is 13.2 Å². The summed E-state index contributed by atoms with van der Waals surface area (Å²) in [7, 11) is 0. The van der Waals surface area contributed by atoms with E-state index < -0.39 is 6.04 Å². The molecule has 1 amide bonds. The van der Waals surface area contributed by atoms with Crippen molar-refractivity contribution in [2.75, 3.05) is 19.8 Å². The molecule has 1 aliphatic rings. The lowest BCUT2D eigenvalue weighted by Crippen LogP contribution is -2.52. The van der Waals surface area contributed by atoms with Crippen LogP contribution in [0, 0.1) is 0 Å². The number of halogens is 1. The van der Waals surface area contributed by atoms with E-state index in [1.807, 2.05) is 25.1 Å². The van der Waals surface area contributed by atoms with Crippen molar-refractivity contribution in [3.63, 3.8) is 0 Å². The molecule has 0 radical (unpaired) electrons. The van der Waals surface area contributed by atoms with Gasteiger partial charge in [0.25, 0.3) is 0 Å². The minimum absolute atomic E-state index is 0.0485. The van der Waals surface area contributed by atoms with Crippen molar-refractivity contribution in [2.45, 2.75) is 32.4 Å². The van der Waals surface area contributed by atoms with Crippen LogP contribution in [0.1, 0.15) is 31.9 Å². The van der Waals surface area contributed by atoms with E-state index >= 15 is 0 Å². The molecule has 1 saturated heterocycles.